The molecule has 0 heterocycles. The van der Waals surface area contributed by atoms with Gasteiger partial charge in [-0.05, 0) is 23.8 Å². The van der Waals surface area contributed by atoms with E-state index < -0.39 is 4.92 Å². The Hall–Kier alpha value is -2.31. The van der Waals surface area contributed by atoms with Crippen LogP contribution in [0.25, 0.3) is 0 Å². The number of rotatable bonds is 5. The molecule has 0 aliphatic rings. The van der Waals surface area contributed by atoms with Gasteiger partial charge in [0.2, 0.25) is 0 Å². The topological polar surface area (TPSA) is 90.4 Å². The number of nitrogens with one attached hydrogen (secondary N) is 1. The second kappa shape index (κ2) is 6.23. The standard InChI is InChI=1S/C13H12ClN3O3/c14-10-3-1-2-4-13(10)20-8-9-5-6-11(16-15)12(7-9)17(18)19/h1-7,16H,8,15H2. The van der Waals surface area contributed by atoms with E-state index in [1.807, 2.05) is 0 Å². The van der Waals surface area contributed by atoms with Crippen LogP contribution in [0.5, 0.6) is 5.75 Å². The number of hydrogen-bond donors (Lipinski definition) is 2. The van der Waals surface area contributed by atoms with Gasteiger partial charge in [-0.1, -0.05) is 29.8 Å². The summed E-state index contributed by atoms with van der Waals surface area (Å²) in [5.74, 6) is 5.75. The van der Waals surface area contributed by atoms with E-state index in [1.165, 1.54) is 12.1 Å². The fourth-order valence-corrected chi connectivity index (χ4v) is 1.85. The van der Waals surface area contributed by atoms with Crippen LogP contribution in [-0.2, 0) is 6.61 Å². The molecule has 0 fully saturated rings. The van der Waals surface area contributed by atoms with Crippen LogP contribution in [0, 0.1) is 10.1 Å². The van der Waals surface area contributed by atoms with E-state index in [2.05, 4.69) is 5.43 Å². The summed E-state index contributed by atoms with van der Waals surface area (Å²) in [6, 6.07) is 11.7. The number of hydrogen-bond acceptors (Lipinski definition) is 5. The summed E-state index contributed by atoms with van der Waals surface area (Å²) in [6.07, 6.45) is 0. The van der Waals surface area contributed by atoms with E-state index in [4.69, 9.17) is 22.2 Å². The first-order valence-corrected chi connectivity index (χ1v) is 6.11. The van der Waals surface area contributed by atoms with Gasteiger partial charge in [0.1, 0.15) is 18.0 Å². The van der Waals surface area contributed by atoms with Crippen LogP contribution in [-0.4, -0.2) is 4.92 Å². The van der Waals surface area contributed by atoms with Gasteiger partial charge >= 0.3 is 0 Å². The minimum Gasteiger partial charge on any atom is -0.487 e. The number of ether oxygens (including phenoxy) is 1. The van der Waals surface area contributed by atoms with Gasteiger partial charge in [0.05, 0.1) is 9.95 Å². The van der Waals surface area contributed by atoms with E-state index in [9.17, 15) is 10.1 Å². The summed E-state index contributed by atoms with van der Waals surface area (Å²) in [7, 11) is 0. The van der Waals surface area contributed by atoms with E-state index in [0.29, 0.717) is 16.3 Å². The molecular formula is C13H12ClN3O3. The fraction of sp³-hybridized carbons (Fsp3) is 0.0769. The third kappa shape index (κ3) is 3.17. The number of nitrogens with two attached hydrogens (primary N) is 1. The Kier molecular flexibility index (Phi) is 4.39. The molecule has 0 aromatic heterocycles. The fourth-order valence-electron chi connectivity index (χ4n) is 1.66. The predicted molar refractivity (Wildman–Crippen MR) is 76.7 cm³/mol. The molecule has 0 aliphatic heterocycles. The number of nitro benzene ring substituents is 1. The van der Waals surface area contributed by atoms with Gasteiger partial charge < -0.3 is 10.2 Å². The summed E-state index contributed by atoms with van der Waals surface area (Å²) in [6.45, 7) is 0.176. The van der Waals surface area contributed by atoms with Crippen molar-refractivity contribution in [3.05, 3.63) is 63.2 Å². The zero-order chi connectivity index (χ0) is 14.5. The van der Waals surface area contributed by atoms with Crippen molar-refractivity contribution in [2.24, 2.45) is 5.84 Å². The van der Waals surface area contributed by atoms with Crippen molar-refractivity contribution in [1.29, 1.82) is 0 Å². The molecule has 0 bridgehead atoms. The lowest BCUT2D eigenvalue weighted by molar-refractivity contribution is -0.384. The minimum absolute atomic E-state index is 0.104. The molecule has 0 saturated heterocycles. The second-order valence-corrected chi connectivity index (χ2v) is 4.38. The monoisotopic (exact) mass is 293 g/mol. The molecule has 0 aliphatic carbocycles. The number of halogens is 1. The van der Waals surface area contributed by atoms with Crippen LogP contribution in [0.2, 0.25) is 5.02 Å². The molecule has 104 valence electrons. The predicted octanol–water partition coefficient (Wildman–Crippen LogP) is 3.11. The minimum atomic E-state index is -0.506. The summed E-state index contributed by atoms with van der Waals surface area (Å²) in [5.41, 5.74) is 3.07. The molecule has 0 unspecified atom stereocenters. The number of anilines is 1. The van der Waals surface area contributed by atoms with Crippen molar-refractivity contribution in [3.8, 4) is 5.75 Å². The molecule has 20 heavy (non-hydrogen) atoms. The highest BCUT2D eigenvalue weighted by atomic mass is 35.5. The van der Waals surface area contributed by atoms with Gasteiger partial charge in [0, 0.05) is 6.07 Å². The summed E-state index contributed by atoms with van der Waals surface area (Å²) in [4.78, 5) is 10.4. The lowest BCUT2D eigenvalue weighted by Gasteiger charge is -2.09. The Bertz CT molecular complexity index is 634. The Morgan fingerprint density at radius 3 is 2.70 bits per heavy atom. The molecule has 2 aromatic carbocycles. The van der Waals surface area contributed by atoms with Crippen molar-refractivity contribution in [2.75, 3.05) is 5.43 Å². The molecule has 3 N–H and O–H groups in total. The maximum absolute atomic E-state index is 10.9. The van der Waals surface area contributed by atoms with E-state index >= 15 is 0 Å². The van der Waals surface area contributed by atoms with Gasteiger partial charge in [0.25, 0.3) is 5.69 Å². The lowest BCUT2D eigenvalue weighted by atomic mass is 10.2. The average molecular weight is 294 g/mol. The summed E-state index contributed by atoms with van der Waals surface area (Å²) >= 11 is 5.96. The Morgan fingerprint density at radius 1 is 1.30 bits per heavy atom. The van der Waals surface area contributed by atoms with Gasteiger partial charge in [0.15, 0.2) is 0 Å². The molecular weight excluding hydrogens is 282 g/mol. The first-order valence-electron chi connectivity index (χ1n) is 5.73. The van der Waals surface area contributed by atoms with Crippen LogP contribution in [0.4, 0.5) is 11.4 Å². The summed E-state index contributed by atoms with van der Waals surface area (Å²) < 4.78 is 5.52. The molecule has 0 atom stereocenters. The van der Waals surface area contributed by atoms with E-state index in [0.717, 1.165) is 0 Å². The number of nitrogens with zero attached hydrogens (tertiary/aromatic N) is 1. The molecule has 7 heteroatoms. The van der Waals surface area contributed by atoms with Crippen molar-refractivity contribution in [3.63, 3.8) is 0 Å². The highest BCUT2D eigenvalue weighted by molar-refractivity contribution is 6.32. The van der Waals surface area contributed by atoms with Crippen LogP contribution in [0.15, 0.2) is 42.5 Å². The second-order valence-electron chi connectivity index (χ2n) is 3.97. The molecule has 6 nitrogen and oxygen atoms in total. The SMILES string of the molecule is NNc1ccc(COc2ccccc2Cl)cc1[N+](=O)[O-]. The molecule has 0 radical (unpaired) electrons. The number of hydrazine groups is 1. The highest BCUT2D eigenvalue weighted by Crippen LogP contribution is 2.27. The maximum atomic E-state index is 10.9. The molecule has 0 amide bonds. The first kappa shape index (κ1) is 14.1. The average Bonchev–Trinajstić information content (AvgIpc) is 2.46. The Labute approximate surface area is 120 Å². The van der Waals surface area contributed by atoms with Crippen molar-refractivity contribution in [2.45, 2.75) is 6.61 Å². The zero-order valence-electron chi connectivity index (χ0n) is 10.4. The summed E-state index contributed by atoms with van der Waals surface area (Å²) in [5, 5.41) is 11.4. The van der Waals surface area contributed by atoms with Gasteiger partial charge in [-0.2, -0.15) is 0 Å². The molecule has 2 aromatic rings. The van der Waals surface area contributed by atoms with Gasteiger partial charge in [-0.25, -0.2) is 0 Å². The number of nitro groups is 1. The van der Waals surface area contributed by atoms with Crippen molar-refractivity contribution < 1.29 is 9.66 Å². The van der Waals surface area contributed by atoms with Crippen LogP contribution < -0.4 is 16.0 Å². The van der Waals surface area contributed by atoms with E-state index in [-0.39, 0.29) is 18.0 Å². The van der Waals surface area contributed by atoms with Gasteiger partial charge in [-0.3, -0.25) is 16.0 Å². The normalized spacial score (nSPS) is 10.1. The smallest absolute Gasteiger partial charge is 0.294 e. The highest BCUT2D eigenvalue weighted by Gasteiger charge is 2.14. The van der Waals surface area contributed by atoms with Crippen LogP contribution >= 0.6 is 11.6 Å². The number of nitrogen functional groups attached to an aromatic ring is 1. The van der Waals surface area contributed by atoms with Gasteiger partial charge in [-0.15, -0.1) is 0 Å². The van der Waals surface area contributed by atoms with Crippen LogP contribution in [0.3, 0.4) is 0 Å². The lowest BCUT2D eigenvalue weighted by Crippen LogP contribution is -2.09. The third-order valence-electron chi connectivity index (χ3n) is 2.65. The third-order valence-corrected chi connectivity index (χ3v) is 2.96. The van der Waals surface area contributed by atoms with Crippen LogP contribution in [0.1, 0.15) is 5.56 Å². The quantitative estimate of drug-likeness (QED) is 0.502. The van der Waals surface area contributed by atoms with E-state index in [1.54, 1.807) is 30.3 Å². The Morgan fingerprint density at radius 2 is 2.05 bits per heavy atom. The molecule has 0 spiro atoms. The Balaban J connectivity index is 2.16. The molecule has 2 rings (SSSR count). The maximum Gasteiger partial charge on any atom is 0.294 e. The number of benzene rings is 2. The van der Waals surface area contributed by atoms with Crippen molar-refractivity contribution in [1.82, 2.24) is 0 Å². The first-order chi connectivity index (χ1) is 9.61. The zero-order valence-corrected chi connectivity index (χ0v) is 11.1. The molecule has 0 saturated carbocycles. The van der Waals surface area contributed by atoms with Crippen molar-refractivity contribution >= 4 is 23.0 Å². The largest absolute Gasteiger partial charge is 0.487 e. The number of para-hydroxylation sites is 1.